The Balaban J connectivity index is 1.64. The van der Waals surface area contributed by atoms with Crippen molar-refractivity contribution in [2.24, 2.45) is 11.8 Å². The molecule has 0 unspecified atom stereocenters. The molecular formula is C14H24N4. The van der Waals surface area contributed by atoms with E-state index in [1.807, 2.05) is 0 Å². The fourth-order valence-corrected chi connectivity index (χ4v) is 3.43. The lowest BCUT2D eigenvalue weighted by Crippen LogP contribution is -2.40. The van der Waals surface area contributed by atoms with Crippen molar-refractivity contribution in [3.63, 3.8) is 0 Å². The molecule has 0 bridgehead atoms. The number of nitrogens with zero attached hydrogens (tertiary/aromatic N) is 3. The van der Waals surface area contributed by atoms with E-state index in [1.54, 1.807) is 6.33 Å². The van der Waals surface area contributed by atoms with E-state index in [0.29, 0.717) is 12.1 Å². The number of aromatic nitrogens is 3. The van der Waals surface area contributed by atoms with Crippen LogP contribution in [0.25, 0.3) is 0 Å². The largest absolute Gasteiger partial charge is 0.304 e. The van der Waals surface area contributed by atoms with Crippen LogP contribution >= 0.6 is 0 Å². The van der Waals surface area contributed by atoms with Gasteiger partial charge in [0.15, 0.2) is 0 Å². The molecule has 4 atom stereocenters. The Labute approximate surface area is 109 Å². The third kappa shape index (κ3) is 2.30. The lowest BCUT2D eigenvalue weighted by molar-refractivity contribution is 0.204. The molecule has 0 radical (unpaired) electrons. The van der Waals surface area contributed by atoms with Gasteiger partial charge in [0, 0.05) is 12.6 Å². The highest BCUT2D eigenvalue weighted by Gasteiger charge is 2.29. The van der Waals surface area contributed by atoms with Crippen molar-refractivity contribution >= 4 is 0 Å². The second kappa shape index (κ2) is 5.00. The van der Waals surface area contributed by atoms with Crippen molar-refractivity contribution < 1.29 is 0 Å². The van der Waals surface area contributed by atoms with Gasteiger partial charge in [-0.1, -0.05) is 13.8 Å². The maximum atomic E-state index is 4.43. The van der Waals surface area contributed by atoms with Crippen LogP contribution in [0, 0.1) is 11.8 Å². The Kier molecular flexibility index (Phi) is 3.37. The topological polar surface area (TPSA) is 42.7 Å². The van der Waals surface area contributed by atoms with Crippen LogP contribution in [0.2, 0.25) is 0 Å². The highest BCUT2D eigenvalue weighted by Crippen LogP contribution is 2.31. The van der Waals surface area contributed by atoms with E-state index in [4.69, 9.17) is 0 Å². The molecule has 1 saturated carbocycles. The van der Waals surface area contributed by atoms with Gasteiger partial charge in [-0.2, -0.15) is 5.10 Å². The van der Waals surface area contributed by atoms with Gasteiger partial charge >= 0.3 is 0 Å². The van der Waals surface area contributed by atoms with Crippen molar-refractivity contribution in [2.45, 2.75) is 64.6 Å². The predicted molar refractivity (Wildman–Crippen MR) is 71.1 cm³/mol. The van der Waals surface area contributed by atoms with Gasteiger partial charge in [-0.15, -0.1) is 0 Å². The summed E-state index contributed by atoms with van der Waals surface area (Å²) in [6.45, 7) is 5.81. The van der Waals surface area contributed by atoms with Crippen molar-refractivity contribution in [3.8, 4) is 0 Å². The average molecular weight is 248 g/mol. The third-order valence-electron chi connectivity index (χ3n) is 4.85. The Morgan fingerprint density at radius 1 is 1.22 bits per heavy atom. The molecule has 1 fully saturated rings. The summed E-state index contributed by atoms with van der Waals surface area (Å²) >= 11 is 0. The Bertz CT molecular complexity index is 400. The van der Waals surface area contributed by atoms with Gasteiger partial charge in [-0.3, -0.25) is 0 Å². The minimum absolute atomic E-state index is 0.423. The molecule has 1 aromatic heterocycles. The van der Waals surface area contributed by atoms with Gasteiger partial charge in [0.25, 0.3) is 0 Å². The first kappa shape index (κ1) is 12.2. The van der Waals surface area contributed by atoms with Gasteiger partial charge in [-0.25, -0.2) is 9.67 Å². The first-order chi connectivity index (χ1) is 8.74. The predicted octanol–water partition coefficient (Wildman–Crippen LogP) is 2.53. The van der Waals surface area contributed by atoms with Crippen LogP contribution in [0.3, 0.4) is 0 Å². The molecule has 0 saturated heterocycles. The lowest BCUT2D eigenvalue weighted by Gasteiger charge is -2.35. The summed E-state index contributed by atoms with van der Waals surface area (Å²) in [4.78, 5) is 4.43. The Morgan fingerprint density at radius 3 is 2.94 bits per heavy atom. The van der Waals surface area contributed by atoms with Gasteiger partial charge in [0.05, 0.1) is 6.04 Å². The smallest absolute Gasteiger partial charge is 0.143 e. The molecule has 0 amide bonds. The molecule has 0 spiro atoms. The van der Waals surface area contributed by atoms with E-state index in [0.717, 1.165) is 24.2 Å². The summed E-state index contributed by atoms with van der Waals surface area (Å²) in [7, 11) is 0. The van der Waals surface area contributed by atoms with Crippen LogP contribution in [-0.4, -0.2) is 20.8 Å². The van der Waals surface area contributed by atoms with E-state index < -0.39 is 0 Å². The van der Waals surface area contributed by atoms with Gasteiger partial charge < -0.3 is 5.32 Å². The first-order valence-electron chi connectivity index (χ1n) is 7.38. The monoisotopic (exact) mass is 248 g/mol. The molecule has 1 N–H and O–H groups in total. The summed E-state index contributed by atoms with van der Waals surface area (Å²) in [5.41, 5.74) is 0. The number of hydrogen-bond donors (Lipinski definition) is 1. The van der Waals surface area contributed by atoms with E-state index in [-0.39, 0.29) is 0 Å². The third-order valence-corrected chi connectivity index (χ3v) is 4.85. The highest BCUT2D eigenvalue weighted by atomic mass is 15.3. The van der Waals surface area contributed by atoms with Gasteiger partial charge in [0.1, 0.15) is 12.2 Å². The maximum Gasteiger partial charge on any atom is 0.143 e. The fraction of sp³-hybridized carbons (Fsp3) is 0.857. The number of aryl methyl sites for hydroxylation is 1. The standard InChI is InChI=1S/C14H24N4/c1-10-5-6-12(8-11(10)2)17-13-4-3-7-18-14(13)15-9-16-18/h9-13,17H,3-8H2,1-2H3/t10-,11+,12+,13+/m1/s1. The molecule has 4 nitrogen and oxygen atoms in total. The summed E-state index contributed by atoms with van der Waals surface area (Å²) < 4.78 is 2.07. The molecule has 4 heteroatoms. The van der Waals surface area contributed by atoms with Crippen LogP contribution in [0.4, 0.5) is 0 Å². The molecular weight excluding hydrogens is 224 g/mol. The minimum Gasteiger partial charge on any atom is -0.304 e. The molecule has 1 aromatic rings. The zero-order valence-corrected chi connectivity index (χ0v) is 11.5. The normalized spacial score (nSPS) is 36.3. The van der Waals surface area contributed by atoms with Crippen molar-refractivity contribution in [3.05, 3.63) is 12.2 Å². The Hall–Kier alpha value is -0.900. The number of hydrogen-bond acceptors (Lipinski definition) is 3. The van der Waals surface area contributed by atoms with Crippen LogP contribution in [0.5, 0.6) is 0 Å². The Morgan fingerprint density at radius 2 is 2.11 bits per heavy atom. The second-order valence-electron chi connectivity index (χ2n) is 6.17. The quantitative estimate of drug-likeness (QED) is 0.874. The molecule has 1 aliphatic carbocycles. The first-order valence-corrected chi connectivity index (χ1v) is 7.38. The maximum absolute atomic E-state index is 4.43. The molecule has 100 valence electrons. The summed E-state index contributed by atoms with van der Waals surface area (Å²) in [6, 6.07) is 1.09. The lowest BCUT2D eigenvalue weighted by atomic mass is 9.79. The molecule has 1 aliphatic heterocycles. The van der Waals surface area contributed by atoms with Crippen molar-refractivity contribution in [2.75, 3.05) is 0 Å². The van der Waals surface area contributed by atoms with Gasteiger partial charge in [-0.05, 0) is 43.9 Å². The molecule has 2 heterocycles. The van der Waals surface area contributed by atoms with Crippen LogP contribution in [0.15, 0.2) is 6.33 Å². The number of fused-ring (bicyclic) bond motifs is 1. The summed E-state index contributed by atoms with van der Waals surface area (Å²) in [5.74, 6) is 2.88. The number of nitrogens with one attached hydrogen (secondary N) is 1. The SMILES string of the molecule is C[C@@H]1CC[C@H](N[C@H]2CCCn3ncnc32)C[C@@H]1C. The van der Waals surface area contributed by atoms with Crippen molar-refractivity contribution in [1.29, 1.82) is 0 Å². The van der Waals surface area contributed by atoms with Crippen molar-refractivity contribution in [1.82, 2.24) is 20.1 Å². The van der Waals surface area contributed by atoms with E-state index in [9.17, 15) is 0 Å². The van der Waals surface area contributed by atoms with Crippen LogP contribution in [0.1, 0.15) is 57.8 Å². The van der Waals surface area contributed by atoms with E-state index in [1.165, 1.54) is 32.1 Å². The van der Waals surface area contributed by atoms with Crippen LogP contribution < -0.4 is 5.32 Å². The zero-order chi connectivity index (χ0) is 12.5. The average Bonchev–Trinajstić information content (AvgIpc) is 2.83. The van der Waals surface area contributed by atoms with E-state index >= 15 is 0 Å². The second-order valence-corrected chi connectivity index (χ2v) is 6.17. The van der Waals surface area contributed by atoms with Gasteiger partial charge in [0.2, 0.25) is 0 Å². The fourth-order valence-electron chi connectivity index (χ4n) is 3.43. The minimum atomic E-state index is 0.423. The van der Waals surface area contributed by atoms with E-state index in [2.05, 4.69) is 33.9 Å². The summed E-state index contributed by atoms with van der Waals surface area (Å²) in [5, 5.41) is 8.12. The van der Waals surface area contributed by atoms with Crippen LogP contribution in [-0.2, 0) is 6.54 Å². The highest BCUT2D eigenvalue weighted by molar-refractivity contribution is 4.99. The molecule has 2 aliphatic rings. The molecule has 0 aromatic carbocycles. The number of rotatable bonds is 2. The zero-order valence-electron chi connectivity index (χ0n) is 11.5. The summed E-state index contributed by atoms with van der Waals surface area (Å²) in [6.07, 6.45) is 8.10. The molecule has 18 heavy (non-hydrogen) atoms. The molecule has 3 rings (SSSR count).